The van der Waals surface area contributed by atoms with E-state index < -0.39 is 0 Å². The second kappa shape index (κ2) is 7.17. The molecule has 1 atom stereocenters. The fourth-order valence-electron chi connectivity index (χ4n) is 4.24. The summed E-state index contributed by atoms with van der Waals surface area (Å²) in [7, 11) is 0. The largest absolute Gasteiger partial charge is 0.291 e. The molecule has 1 aliphatic heterocycles. The summed E-state index contributed by atoms with van der Waals surface area (Å²) in [6.45, 7) is 1.87. The van der Waals surface area contributed by atoms with E-state index in [0.29, 0.717) is 5.56 Å². The van der Waals surface area contributed by atoms with Gasteiger partial charge in [0.05, 0.1) is 23.4 Å². The van der Waals surface area contributed by atoms with Gasteiger partial charge in [-0.25, -0.2) is 4.39 Å². The molecular formula is C23H21FN4. The molecule has 3 heterocycles. The van der Waals surface area contributed by atoms with Gasteiger partial charge in [0.25, 0.3) is 0 Å². The maximum Gasteiger partial charge on any atom is 0.131 e. The predicted octanol–water partition coefficient (Wildman–Crippen LogP) is 5.10. The minimum absolute atomic E-state index is 0.210. The molecule has 5 rings (SSSR count). The molecule has 0 aliphatic carbocycles. The summed E-state index contributed by atoms with van der Waals surface area (Å²) in [6.07, 6.45) is 5.72. The summed E-state index contributed by atoms with van der Waals surface area (Å²) in [5.41, 5.74) is 4.75. The van der Waals surface area contributed by atoms with Gasteiger partial charge in [0.1, 0.15) is 5.82 Å². The molecule has 0 radical (unpaired) electrons. The van der Waals surface area contributed by atoms with Crippen LogP contribution in [0.15, 0.2) is 67.0 Å². The number of aromatic amines is 1. The molecule has 2 aromatic carbocycles. The lowest BCUT2D eigenvalue weighted by Gasteiger charge is -2.25. The number of nitrogens with one attached hydrogen (secondary N) is 1. The van der Waals surface area contributed by atoms with Crippen LogP contribution in [-0.2, 0) is 6.54 Å². The molecule has 4 aromatic rings. The Balaban J connectivity index is 1.45. The van der Waals surface area contributed by atoms with Crippen LogP contribution in [0.1, 0.15) is 30.1 Å². The molecule has 2 aromatic heterocycles. The quantitative estimate of drug-likeness (QED) is 0.542. The lowest BCUT2D eigenvalue weighted by Crippen LogP contribution is -2.23. The molecule has 0 saturated carbocycles. The van der Waals surface area contributed by atoms with E-state index in [4.69, 9.17) is 0 Å². The van der Waals surface area contributed by atoms with E-state index in [-0.39, 0.29) is 11.9 Å². The van der Waals surface area contributed by atoms with Crippen molar-refractivity contribution in [1.82, 2.24) is 20.1 Å². The van der Waals surface area contributed by atoms with Crippen LogP contribution in [0.2, 0.25) is 0 Å². The Hall–Kier alpha value is -3.05. The van der Waals surface area contributed by atoms with E-state index in [2.05, 4.69) is 44.3 Å². The number of H-pyrrole nitrogens is 1. The van der Waals surface area contributed by atoms with Gasteiger partial charge in [0.2, 0.25) is 0 Å². The van der Waals surface area contributed by atoms with Crippen LogP contribution in [0.25, 0.3) is 22.0 Å². The second-order valence-electron chi connectivity index (χ2n) is 7.34. The molecular weight excluding hydrogens is 351 g/mol. The molecule has 1 saturated heterocycles. The number of pyridine rings is 1. The van der Waals surface area contributed by atoms with Gasteiger partial charge in [-0.2, -0.15) is 5.10 Å². The molecule has 1 aliphatic rings. The van der Waals surface area contributed by atoms with E-state index >= 15 is 0 Å². The maximum atomic E-state index is 14.4. The van der Waals surface area contributed by atoms with Gasteiger partial charge in [0.15, 0.2) is 0 Å². The molecule has 5 heteroatoms. The lowest BCUT2D eigenvalue weighted by atomic mass is 10.00. The van der Waals surface area contributed by atoms with E-state index in [9.17, 15) is 4.39 Å². The SMILES string of the molecule is Fc1ccccc1-c1cn[nH]c1[C@H]1CCCN1Cc1ccc2ncccc2c1. The fourth-order valence-corrected chi connectivity index (χ4v) is 4.24. The molecule has 0 amide bonds. The van der Waals surface area contributed by atoms with E-state index in [1.165, 1.54) is 11.6 Å². The minimum atomic E-state index is -0.211. The fraction of sp³-hybridized carbons (Fsp3) is 0.217. The average molecular weight is 372 g/mol. The van der Waals surface area contributed by atoms with Gasteiger partial charge in [-0.05, 0) is 49.2 Å². The first kappa shape index (κ1) is 17.1. The highest BCUT2D eigenvalue weighted by Gasteiger charge is 2.30. The average Bonchev–Trinajstić information content (AvgIpc) is 3.37. The van der Waals surface area contributed by atoms with Crippen molar-refractivity contribution in [2.24, 2.45) is 0 Å². The number of benzene rings is 2. The first-order chi connectivity index (χ1) is 13.8. The smallest absolute Gasteiger partial charge is 0.131 e. The molecule has 4 nitrogen and oxygen atoms in total. The molecule has 0 unspecified atom stereocenters. The Morgan fingerprint density at radius 1 is 1.07 bits per heavy atom. The third-order valence-electron chi connectivity index (χ3n) is 5.58. The van der Waals surface area contributed by atoms with Gasteiger partial charge in [-0.15, -0.1) is 0 Å². The Morgan fingerprint density at radius 2 is 2.00 bits per heavy atom. The number of aromatic nitrogens is 3. The number of fused-ring (bicyclic) bond motifs is 1. The van der Waals surface area contributed by atoms with Gasteiger partial charge in [0, 0.05) is 29.3 Å². The van der Waals surface area contributed by atoms with Crippen molar-refractivity contribution in [2.75, 3.05) is 6.54 Å². The number of rotatable bonds is 4. The Morgan fingerprint density at radius 3 is 2.93 bits per heavy atom. The number of hydrogen-bond donors (Lipinski definition) is 1. The molecule has 28 heavy (non-hydrogen) atoms. The van der Waals surface area contributed by atoms with E-state index in [1.807, 2.05) is 24.4 Å². The Labute approximate surface area is 163 Å². The van der Waals surface area contributed by atoms with Crippen LogP contribution in [0, 0.1) is 5.82 Å². The summed E-state index contributed by atoms with van der Waals surface area (Å²) < 4.78 is 14.4. The Kier molecular flexibility index (Phi) is 4.37. The number of nitrogens with zero attached hydrogens (tertiary/aromatic N) is 3. The first-order valence-electron chi connectivity index (χ1n) is 9.65. The normalized spacial score (nSPS) is 17.4. The summed E-state index contributed by atoms with van der Waals surface area (Å²) in [5.74, 6) is -0.211. The topological polar surface area (TPSA) is 44.8 Å². The standard InChI is InChI=1S/C23H21FN4/c24-20-7-2-1-6-18(20)19-14-26-27-23(19)22-8-4-12-28(22)15-16-9-10-21-17(13-16)5-3-11-25-21/h1-3,5-7,9-11,13-14,22H,4,8,12,15H2,(H,26,27)/t22-/m1/s1. The zero-order valence-electron chi connectivity index (χ0n) is 15.5. The van der Waals surface area contributed by atoms with Gasteiger partial charge in [-0.3, -0.25) is 15.0 Å². The monoisotopic (exact) mass is 372 g/mol. The third kappa shape index (κ3) is 3.08. The van der Waals surface area contributed by atoms with Crippen molar-refractivity contribution < 1.29 is 4.39 Å². The summed E-state index contributed by atoms with van der Waals surface area (Å²) in [5, 5.41) is 8.55. The van der Waals surface area contributed by atoms with Gasteiger partial charge in [-0.1, -0.05) is 30.3 Å². The number of halogens is 1. The number of hydrogen-bond acceptors (Lipinski definition) is 3. The van der Waals surface area contributed by atoms with Crippen molar-refractivity contribution >= 4 is 10.9 Å². The molecule has 0 bridgehead atoms. The zero-order chi connectivity index (χ0) is 18.9. The Bertz CT molecular complexity index is 1120. The van der Waals surface area contributed by atoms with E-state index in [0.717, 1.165) is 48.1 Å². The van der Waals surface area contributed by atoms with Crippen molar-refractivity contribution in [3.05, 3.63) is 84.1 Å². The van der Waals surface area contributed by atoms with Crippen molar-refractivity contribution in [3.63, 3.8) is 0 Å². The van der Waals surface area contributed by atoms with E-state index in [1.54, 1.807) is 12.3 Å². The van der Waals surface area contributed by atoms with Gasteiger partial charge >= 0.3 is 0 Å². The molecule has 0 spiro atoms. The van der Waals surface area contributed by atoms with Crippen molar-refractivity contribution in [3.8, 4) is 11.1 Å². The van der Waals surface area contributed by atoms with Gasteiger partial charge < -0.3 is 0 Å². The first-order valence-corrected chi connectivity index (χ1v) is 9.65. The van der Waals surface area contributed by atoms with Crippen LogP contribution < -0.4 is 0 Å². The highest BCUT2D eigenvalue weighted by molar-refractivity contribution is 5.78. The summed E-state index contributed by atoms with van der Waals surface area (Å²) in [6, 6.07) is 17.6. The molecule has 1 fully saturated rings. The molecule has 1 N–H and O–H groups in total. The van der Waals surface area contributed by atoms with Crippen molar-refractivity contribution in [1.29, 1.82) is 0 Å². The predicted molar refractivity (Wildman–Crippen MR) is 108 cm³/mol. The molecule has 140 valence electrons. The lowest BCUT2D eigenvalue weighted by molar-refractivity contribution is 0.245. The van der Waals surface area contributed by atoms with Crippen LogP contribution in [0.4, 0.5) is 4.39 Å². The second-order valence-corrected chi connectivity index (χ2v) is 7.34. The van der Waals surface area contributed by atoms with Crippen LogP contribution in [-0.4, -0.2) is 26.6 Å². The minimum Gasteiger partial charge on any atom is -0.291 e. The zero-order valence-corrected chi connectivity index (χ0v) is 15.5. The number of likely N-dealkylation sites (tertiary alicyclic amines) is 1. The maximum absolute atomic E-state index is 14.4. The van der Waals surface area contributed by atoms with Crippen LogP contribution in [0.5, 0.6) is 0 Å². The highest BCUT2D eigenvalue weighted by atomic mass is 19.1. The summed E-state index contributed by atoms with van der Waals surface area (Å²) >= 11 is 0. The van der Waals surface area contributed by atoms with Crippen LogP contribution in [0.3, 0.4) is 0 Å². The van der Waals surface area contributed by atoms with Crippen molar-refractivity contribution in [2.45, 2.75) is 25.4 Å². The highest BCUT2D eigenvalue weighted by Crippen LogP contribution is 2.38. The third-order valence-corrected chi connectivity index (χ3v) is 5.58. The summed E-state index contributed by atoms with van der Waals surface area (Å²) in [4.78, 5) is 6.85. The van der Waals surface area contributed by atoms with Crippen LogP contribution >= 0.6 is 0 Å².